The molecule has 2 nitrogen and oxygen atoms in total. The molecule has 2 saturated carbocycles. The van der Waals surface area contributed by atoms with Gasteiger partial charge in [0, 0.05) is 12.8 Å². The van der Waals surface area contributed by atoms with Gasteiger partial charge in [-0.15, -0.1) is 0 Å². The first kappa shape index (κ1) is 10.8. The van der Waals surface area contributed by atoms with Crippen molar-refractivity contribution in [3.05, 3.63) is 0 Å². The van der Waals surface area contributed by atoms with Crippen LogP contribution in [0.2, 0.25) is 0 Å². The topological polar surface area (TPSA) is 26.3 Å². The third-order valence-electron chi connectivity index (χ3n) is 3.74. The van der Waals surface area contributed by atoms with Crippen LogP contribution in [0.4, 0.5) is 8.78 Å². The predicted molar refractivity (Wildman–Crippen MR) is 50.6 cm³/mol. The molecular formula is C11H16F2O2. The highest BCUT2D eigenvalue weighted by atomic mass is 19.3. The van der Waals surface area contributed by atoms with E-state index in [0.717, 1.165) is 6.42 Å². The highest BCUT2D eigenvalue weighted by molar-refractivity contribution is 5.77. The maximum absolute atomic E-state index is 12.9. The summed E-state index contributed by atoms with van der Waals surface area (Å²) >= 11 is 0. The minimum Gasteiger partial charge on any atom is -0.466 e. The van der Waals surface area contributed by atoms with Gasteiger partial charge in [0.1, 0.15) is 0 Å². The first-order chi connectivity index (χ1) is 6.99. The van der Waals surface area contributed by atoms with Crippen molar-refractivity contribution in [1.29, 1.82) is 0 Å². The molecule has 2 aliphatic rings. The molecule has 0 aliphatic heterocycles. The lowest BCUT2D eigenvalue weighted by Crippen LogP contribution is -2.27. The van der Waals surface area contributed by atoms with Crippen molar-refractivity contribution in [2.24, 2.45) is 11.3 Å². The molecule has 0 amide bonds. The number of carbonyl (C=O) groups excluding carboxylic acids is 1. The van der Waals surface area contributed by atoms with Crippen LogP contribution in [0.3, 0.4) is 0 Å². The molecule has 15 heavy (non-hydrogen) atoms. The van der Waals surface area contributed by atoms with Gasteiger partial charge in [0.05, 0.1) is 12.5 Å². The fourth-order valence-corrected chi connectivity index (χ4v) is 2.59. The molecule has 0 aromatic heterocycles. The minimum absolute atomic E-state index is 0.0666. The van der Waals surface area contributed by atoms with Crippen molar-refractivity contribution in [1.82, 2.24) is 0 Å². The Morgan fingerprint density at radius 3 is 2.47 bits per heavy atom. The molecule has 0 saturated heterocycles. The smallest absolute Gasteiger partial charge is 0.309 e. The van der Waals surface area contributed by atoms with Crippen LogP contribution < -0.4 is 0 Å². The van der Waals surface area contributed by atoms with Crippen LogP contribution in [0, 0.1) is 11.3 Å². The van der Waals surface area contributed by atoms with E-state index in [1.165, 1.54) is 0 Å². The number of rotatable bonds is 2. The molecule has 4 heteroatoms. The first-order valence-electron chi connectivity index (χ1n) is 5.54. The van der Waals surface area contributed by atoms with E-state index in [0.29, 0.717) is 19.4 Å². The highest BCUT2D eigenvalue weighted by Crippen LogP contribution is 2.63. The molecule has 1 spiro atoms. The Hall–Kier alpha value is -0.670. The average Bonchev–Trinajstić information content (AvgIpc) is 2.87. The summed E-state index contributed by atoms with van der Waals surface area (Å²) in [4.78, 5) is 11.4. The lowest BCUT2D eigenvalue weighted by Gasteiger charge is -2.28. The van der Waals surface area contributed by atoms with Crippen LogP contribution in [0.25, 0.3) is 0 Å². The summed E-state index contributed by atoms with van der Waals surface area (Å²) in [6, 6.07) is 0. The zero-order valence-corrected chi connectivity index (χ0v) is 8.89. The molecule has 0 unspecified atom stereocenters. The van der Waals surface area contributed by atoms with Crippen LogP contribution in [-0.4, -0.2) is 18.5 Å². The Kier molecular flexibility index (Phi) is 2.47. The standard InChI is InChI=1S/C11H16F2O2/c1-2-15-9(14)8-7-10(8)3-5-11(12,13)6-4-10/h8H,2-7H2,1H3/t8-/m0/s1. The second-order valence-corrected chi connectivity index (χ2v) is 4.73. The van der Waals surface area contributed by atoms with Gasteiger partial charge in [0.2, 0.25) is 5.92 Å². The molecule has 0 heterocycles. The van der Waals surface area contributed by atoms with Crippen LogP contribution >= 0.6 is 0 Å². The van der Waals surface area contributed by atoms with Crippen LogP contribution in [0.15, 0.2) is 0 Å². The van der Waals surface area contributed by atoms with E-state index in [1.54, 1.807) is 6.92 Å². The summed E-state index contributed by atoms with van der Waals surface area (Å²) in [6.45, 7) is 2.14. The molecule has 2 fully saturated rings. The van der Waals surface area contributed by atoms with Crippen LogP contribution in [0.5, 0.6) is 0 Å². The Balaban J connectivity index is 1.89. The number of esters is 1. The summed E-state index contributed by atoms with van der Waals surface area (Å²) < 4.78 is 30.8. The molecule has 2 rings (SSSR count). The van der Waals surface area contributed by atoms with Gasteiger partial charge in [0.15, 0.2) is 0 Å². The molecule has 0 aromatic rings. The van der Waals surface area contributed by atoms with E-state index in [-0.39, 0.29) is 30.1 Å². The predicted octanol–water partition coefficient (Wildman–Crippen LogP) is 2.77. The van der Waals surface area contributed by atoms with Gasteiger partial charge >= 0.3 is 5.97 Å². The normalized spacial score (nSPS) is 31.3. The van der Waals surface area contributed by atoms with Crippen molar-refractivity contribution < 1.29 is 18.3 Å². The van der Waals surface area contributed by atoms with Crippen molar-refractivity contribution in [2.75, 3.05) is 6.61 Å². The third-order valence-corrected chi connectivity index (χ3v) is 3.74. The minimum atomic E-state index is -2.51. The van der Waals surface area contributed by atoms with Gasteiger partial charge in [-0.1, -0.05) is 0 Å². The highest BCUT2D eigenvalue weighted by Gasteiger charge is 2.61. The van der Waals surface area contributed by atoms with E-state index in [4.69, 9.17) is 4.74 Å². The summed E-state index contributed by atoms with van der Waals surface area (Å²) in [5.74, 6) is -2.80. The zero-order valence-electron chi connectivity index (χ0n) is 8.89. The van der Waals surface area contributed by atoms with E-state index < -0.39 is 5.92 Å². The first-order valence-corrected chi connectivity index (χ1v) is 5.54. The van der Waals surface area contributed by atoms with Gasteiger partial charge in [-0.25, -0.2) is 8.78 Å². The summed E-state index contributed by atoms with van der Waals surface area (Å²) in [5, 5.41) is 0. The second kappa shape index (κ2) is 3.42. The lowest BCUT2D eigenvalue weighted by atomic mass is 9.82. The fraction of sp³-hybridized carbons (Fsp3) is 0.909. The summed E-state index contributed by atoms with van der Waals surface area (Å²) in [6.07, 6.45) is 1.57. The second-order valence-electron chi connectivity index (χ2n) is 4.73. The number of alkyl halides is 2. The van der Waals surface area contributed by atoms with Gasteiger partial charge in [-0.2, -0.15) is 0 Å². The third kappa shape index (κ3) is 1.99. The van der Waals surface area contributed by atoms with E-state index in [9.17, 15) is 13.6 Å². The Labute approximate surface area is 88.0 Å². The molecule has 0 radical (unpaired) electrons. The fourth-order valence-electron chi connectivity index (χ4n) is 2.59. The maximum Gasteiger partial charge on any atom is 0.309 e. The Morgan fingerprint density at radius 1 is 1.33 bits per heavy atom. The molecule has 0 bridgehead atoms. The quantitative estimate of drug-likeness (QED) is 0.666. The monoisotopic (exact) mass is 218 g/mol. The number of hydrogen-bond acceptors (Lipinski definition) is 2. The Bertz CT molecular complexity index is 266. The Morgan fingerprint density at radius 2 is 1.93 bits per heavy atom. The number of hydrogen-bond donors (Lipinski definition) is 0. The SMILES string of the molecule is CCOC(=O)[C@@H]1CC12CCC(F)(F)CC2. The van der Waals surface area contributed by atoms with Crippen molar-refractivity contribution in [2.45, 2.75) is 45.0 Å². The van der Waals surface area contributed by atoms with Crippen LogP contribution in [-0.2, 0) is 9.53 Å². The van der Waals surface area contributed by atoms with Gasteiger partial charge < -0.3 is 4.74 Å². The molecule has 0 N–H and O–H groups in total. The van der Waals surface area contributed by atoms with Crippen molar-refractivity contribution >= 4 is 5.97 Å². The molecule has 2 aliphatic carbocycles. The van der Waals surface area contributed by atoms with Crippen molar-refractivity contribution in [3.8, 4) is 0 Å². The zero-order chi connectivity index (χ0) is 11.1. The number of ether oxygens (including phenoxy) is 1. The average molecular weight is 218 g/mol. The van der Waals surface area contributed by atoms with E-state index in [1.807, 2.05) is 0 Å². The largest absolute Gasteiger partial charge is 0.466 e. The molecule has 86 valence electrons. The number of halogens is 2. The van der Waals surface area contributed by atoms with Crippen molar-refractivity contribution in [3.63, 3.8) is 0 Å². The van der Waals surface area contributed by atoms with Gasteiger partial charge in [0.25, 0.3) is 0 Å². The van der Waals surface area contributed by atoms with E-state index in [2.05, 4.69) is 0 Å². The van der Waals surface area contributed by atoms with Gasteiger partial charge in [-0.05, 0) is 31.6 Å². The maximum atomic E-state index is 12.9. The molecular weight excluding hydrogens is 202 g/mol. The summed E-state index contributed by atoms with van der Waals surface area (Å²) in [5.41, 5.74) is -0.131. The van der Waals surface area contributed by atoms with E-state index >= 15 is 0 Å². The summed E-state index contributed by atoms with van der Waals surface area (Å²) in [7, 11) is 0. The lowest BCUT2D eigenvalue weighted by molar-refractivity contribution is -0.146. The van der Waals surface area contributed by atoms with Gasteiger partial charge in [-0.3, -0.25) is 4.79 Å². The number of carbonyl (C=O) groups is 1. The van der Waals surface area contributed by atoms with Crippen LogP contribution in [0.1, 0.15) is 39.0 Å². The molecule has 1 atom stereocenters. The molecule has 0 aromatic carbocycles.